The van der Waals surface area contributed by atoms with Crippen molar-refractivity contribution in [3.63, 3.8) is 0 Å². The van der Waals surface area contributed by atoms with Crippen molar-refractivity contribution in [2.45, 2.75) is 47.1 Å². The summed E-state index contributed by atoms with van der Waals surface area (Å²) in [4.78, 5) is 0. The molecule has 2 nitrogen and oxygen atoms in total. The first-order chi connectivity index (χ1) is 12.9. The van der Waals surface area contributed by atoms with E-state index in [2.05, 4.69) is 89.0 Å². The summed E-state index contributed by atoms with van der Waals surface area (Å²) in [7, 11) is 0. The van der Waals surface area contributed by atoms with Gasteiger partial charge in [0, 0.05) is 23.0 Å². The average molecular weight is 359 g/mol. The number of rotatable bonds is 4. The van der Waals surface area contributed by atoms with Gasteiger partial charge in [0.15, 0.2) is 0 Å². The lowest BCUT2D eigenvalue weighted by Crippen LogP contribution is -2.13. The minimum atomic E-state index is 0.0952. The van der Waals surface area contributed by atoms with Crippen molar-refractivity contribution < 1.29 is 0 Å². The van der Waals surface area contributed by atoms with Gasteiger partial charge in [0.2, 0.25) is 0 Å². The molecule has 1 aliphatic rings. The van der Waals surface area contributed by atoms with Crippen molar-refractivity contribution in [3.8, 4) is 11.1 Å². The molecule has 2 heteroatoms. The van der Waals surface area contributed by atoms with Crippen LogP contribution in [0.2, 0.25) is 0 Å². The molecular formula is C25H30N2. The largest absolute Gasteiger partial charge is 0.355 e. The monoisotopic (exact) mass is 358 g/mol. The maximum atomic E-state index is 6.20. The Kier molecular flexibility index (Phi) is 5.38. The van der Waals surface area contributed by atoms with Crippen LogP contribution in [0.3, 0.4) is 0 Å². The van der Waals surface area contributed by atoms with Gasteiger partial charge < -0.3 is 11.1 Å². The lowest BCUT2D eigenvalue weighted by molar-refractivity contribution is 0.699. The fourth-order valence-corrected chi connectivity index (χ4v) is 3.89. The molecule has 27 heavy (non-hydrogen) atoms. The van der Waals surface area contributed by atoms with E-state index < -0.39 is 0 Å². The summed E-state index contributed by atoms with van der Waals surface area (Å²) in [5.41, 5.74) is 18.2. The van der Waals surface area contributed by atoms with Gasteiger partial charge in [0.05, 0.1) is 0 Å². The van der Waals surface area contributed by atoms with Crippen molar-refractivity contribution in [2.75, 3.05) is 5.32 Å². The molecule has 0 saturated carbocycles. The van der Waals surface area contributed by atoms with E-state index in [9.17, 15) is 0 Å². The van der Waals surface area contributed by atoms with Crippen LogP contribution in [-0.4, -0.2) is 0 Å². The molecule has 1 atom stereocenters. The quantitative estimate of drug-likeness (QED) is 0.640. The van der Waals surface area contributed by atoms with E-state index in [1.807, 2.05) is 0 Å². The topological polar surface area (TPSA) is 38.0 Å². The molecule has 3 N–H and O–H groups in total. The molecule has 1 unspecified atom stereocenters. The van der Waals surface area contributed by atoms with E-state index in [1.54, 1.807) is 0 Å². The summed E-state index contributed by atoms with van der Waals surface area (Å²) in [6.45, 7) is 14.9. The van der Waals surface area contributed by atoms with E-state index in [0.717, 1.165) is 17.8 Å². The van der Waals surface area contributed by atoms with E-state index >= 15 is 0 Å². The number of aryl methyl sites for hydroxylation is 2. The highest BCUT2D eigenvalue weighted by Gasteiger charge is 2.24. The number of fused-ring (bicyclic) bond motifs is 1. The molecule has 0 aliphatic carbocycles. The lowest BCUT2D eigenvalue weighted by atomic mass is 9.83. The Morgan fingerprint density at radius 3 is 2.33 bits per heavy atom. The molecule has 1 aliphatic heterocycles. The molecule has 2 aromatic carbocycles. The summed E-state index contributed by atoms with van der Waals surface area (Å²) in [6, 6.07) is 11.1. The van der Waals surface area contributed by atoms with Crippen molar-refractivity contribution in [3.05, 3.63) is 82.6 Å². The van der Waals surface area contributed by atoms with Crippen LogP contribution in [0.15, 0.2) is 60.3 Å². The summed E-state index contributed by atoms with van der Waals surface area (Å²) in [5.74, 6) is 0. The second-order valence-corrected chi connectivity index (χ2v) is 7.41. The number of anilines is 1. The summed E-state index contributed by atoms with van der Waals surface area (Å²) in [5, 5.41) is 3.54. The lowest BCUT2D eigenvalue weighted by Gasteiger charge is -2.29. The molecule has 1 heterocycles. The van der Waals surface area contributed by atoms with Crippen LogP contribution < -0.4 is 11.1 Å². The van der Waals surface area contributed by atoms with E-state index in [0.29, 0.717) is 0 Å². The Morgan fingerprint density at radius 1 is 1.07 bits per heavy atom. The molecule has 0 saturated heterocycles. The van der Waals surface area contributed by atoms with E-state index in [4.69, 9.17) is 5.73 Å². The fraction of sp³-hybridized carbons (Fsp3) is 0.280. The Bertz CT molecular complexity index is 943. The van der Waals surface area contributed by atoms with Gasteiger partial charge >= 0.3 is 0 Å². The Morgan fingerprint density at radius 2 is 1.74 bits per heavy atom. The molecule has 0 amide bonds. The van der Waals surface area contributed by atoms with E-state index in [-0.39, 0.29) is 6.04 Å². The van der Waals surface area contributed by atoms with Gasteiger partial charge in [0.25, 0.3) is 0 Å². The minimum Gasteiger partial charge on any atom is -0.355 e. The van der Waals surface area contributed by atoms with Gasteiger partial charge in [-0.2, -0.15) is 0 Å². The van der Waals surface area contributed by atoms with Crippen molar-refractivity contribution >= 4 is 11.3 Å². The van der Waals surface area contributed by atoms with Crippen LogP contribution in [0.4, 0.5) is 5.69 Å². The summed E-state index contributed by atoms with van der Waals surface area (Å²) >= 11 is 0. The van der Waals surface area contributed by atoms with Crippen molar-refractivity contribution in [1.82, 2.24) is 0 Å². The average Bonchev–Trinajstić information content (AvgIpc) is 2.66. The molecule has 3 rings (SSSR count). The zero-order valence-corrected chi connectivity index (χ0v) is 17.1. The summed E-state index contributed by atoms with van der Waals surface area (Å²) < 4.78 is 0. The molecule has 2 aromatic rings. The van der Waals surface area contributed by atoms with Crippen LogP contribution >= 0.6 is 0 Å². The van der Waals surface area contributed by atoms with Gasteiger partial charge in [-0.05, 0) is 73.1 Å². The molecule has 0 aromatic heterocycles. The normalized spacial score (nSPS) is 15.1. The first-order valence-corrected chi connectivity index (χ1v) is 9.69. The highest BCUT2D eigenvalue weighted by atomic mass is 14.9. The third-order valence-corrected chi connectivity index (χ3v) is 5.52. The molecule has 0 fully saturated rings. The van der Waals surface area contributed by atoms with Crippen LogP contribution in [0, 0.1) is 13.8 Å². The number of nitrogens with two attached hydrogens (primary N) is 1. The molecule has 0 spiro atoms. The third-order valence-electron chi connectivity index (χ3n) is 5.52. The third kappa shape index (κ3) is 3.38. The Labute approximate surface area is 163 Å². The van der Waals surface area contributed by atoms with Crippen LogP contribution in [0.1, 0.15) is 55.5 Å². The zero-order chi connectivity index (χ0) is 19.7. The molecular weight excluding hydrogens is 328 g/mol. The van der Waals surface area contributed by atoms with Crippen LogP contribution in [-0.2, 0) is 0 Å². The highest BCUT2D eigenvalue weighted by molar-refractivity contribution is 5.99. The van der Waals surface area contributed by atoms with Gasteiger partial charge in [-0.15, -0.1) is 0 Å². The number of allylic oxidation sites excluding steroid dienone is 4. The van der Waals surface area contributed by atoms with Crippen LogP contribution in [0.25, 0.3) is 16.7 Å². The van der Waals surface area contributed by atoms with Crippen molar-refractivity contribution in [1.29, 1.82) is 0 Å². The predicted octanol–water partition coefficient (Wildman–Crippen LogP) is 6.67. The first kappa shape index (κ1) is 19.2. The second kappa shape index (κ2) is 7.58. The van der Waals surface area contributed by atoms with Crippen molar-refractivity contribution in [2.24, 2.45) is 5.73 Å². The first-order valence-electron chi connectivity index (χ1n) is 9.69. The highest BCUT2D eigenvalue weighted by Crippen LogP contribution is 2.45. The maximum Gasteiger partial charge on any atom is 0.0500 e. The summed E-state index contributed by atoms with van der Waals surface area (Å²) in [6.07, 6.45) is 5.24. The van der Waals surface area contributed by atoms with E-state index in [1.165, 1.54) is 44.5 Å². The van der Waals surface area contributed by atoms with Gasteiger partial charge in [0.1, 0.15) is 0 Å². The van der Waals surface area contributed by atoms with Gasteiger partial charge in [-0.25, -0.2) is 0 Å². The second-order valence-electron chi connectivity index (χ2n) is 7.41. The Hall–Kier alpha value is -2.58. The zero-order valence-electron chi connectivity index (χ0n) is 17.1. The number of benzene rings is 2. The number of nitrogens with one attached hydrogen (secondary N) is 1. The molecule has 0 bridgehead atoms. The maximum absolute atomic E-state index is 6.20. The standard InChI is InChI=1S/C25H30N2/c1-7-9-21-17(5)18(6)27-25-16(4)14-15(3)23(24(21)25)20-12-10-19(11-13-20)22(26)8-2/h7,9-14,22,27H,6,8,26H2,1-5H3/b9-7-. The minimum absolute atomic E-state index is 0.0952. The van der Waals surface area contributed by atoms with Gasteiger partial charge in [-0.1, -0.05) is 56.0 Å². The Balaban J connectivity index is 2.28. The SMILES string of the molecule is C=C1Nc2c(C)cc(C)c(-c3ccc(C(N)CC)cc3)c2C(/C=C\C)=C1C. The smallest absolute Gasteiger partial charge is 0.0500 e. The number of hydrogen-bond donors (Lipinski definition) is 2. The van der Waals surface area contributed by atoms with Crippen LogP contribution in [0.5, 0.6) is 0 Å². The number of hydrogen-bond acceptors (Lipinski definition) is 2. The molecule has 140 valence electrons. The molecule has 0 radical (unpaired) electrons. The van der Waals surface area contributed by atoms with Gasteiger partial charge in [-0.3, -0.25) is 0 Å². The predicted molar refractivity (Wildman–Crippen MR) is 119 cm³/mol. The fourth-order valence-electron chi connectivity index (χ4n) is 3.89.